The number of benzene rings is 1. The average Bonchev–Trinajstić information content (AvgIpc) is 2.80. The molecule has 0 aliphatic rings. The average molecular weight is 231 g/mol. The van der Waals surface area contributed by atoms with E-state index in [9.17, 15) is 4.79 Å². The fourth-order valence-electron chi connectivity index (χ4n) is 1.19. The van der Waals surface area contributed by atoms with Gasteiger partial charge >= 0.3 is 5.97 Å². The lowest BCUT2D eigenvalue weighted by atomic mass is 10.2. The molecule has 1 aromatic heterocycles. The first-order valence-corrected chi connectivity index (χ1v) is 5.54. The van der Waals surface area contributed by atoms with Gasteiger partial charge in [-0.2, -0.15) is 0 Å². The summed E-state index contributed by atoms with van der Waals surface area (Å²) >= 11 is 1.61. The Hall–Kier alpha value is -1.94. The van der Waals surface area contributed by atoms with E-state index in [1.165, 1.54) is 0 Å². The molecule has 2 rings (SSSR count). The summed E-state index contributed by atoms with van der Waals surface area (Å²) in [5.74, 6) is -0.922. The highest BCUT2D eigenvalue weighted by Crippen LogP contribution is 2.14. The molecule has 1 N–H and O–H groups in total. The molecule has 4 heteroatoms. The number of hydrogen-bond acceptors (Lipinski definition) is 3. The molecular formula is C12H9NO2S. The lowest BCUT2D eigenvalue weighted by molar-refractivity contribution is 0.0697. The van der Waals surface area contributed by atoms with E-state index >= 15 is 0 Å². The van der Waals surface area contributed by atoms with E-state index in [1.807, 2.05) is 17.5 Å². The number of carboxylic acid groups (broad SMARTS) is 1. The van der Waals surface area contributed by atoms with Gasteiger partial charge in [0.05, 0.1) is 11.3 Å². The van der Waals surface area contributed by atoms with E-state index in [0.29, 0.717) is 0 Å². The van der Waals surface area contributed by atoms with Crippen molar-refractivity contribution < 1.29 is 9.90 Å². The molecule has 2 aromatic rings. The van der Waals surface area contributed by atoms with Crippen molar-refractivity contribution in [3.8, 4) is 0 Å². The first-order valence-electron chi connectivity index (χ1n) is 4.66. The van der Waals surface area contributed by atoms with Gasteiger partial charge in [0, 0.05) is 11.1 Å². The Kier molecular flexibility index (Phi) is 3.12. The van der Waals surface area contributed by atoms with Crippen LogP contribution in [-0.2, 0) is 0 Å². The maximum absolute atomic E-state index is 10.6. The van der Waals surface area contributed by atoms with Crippen molar-refractivity contribution in [3.05, 3.63) is 52.2 Å². The monoisotopic (exact) mass is 231 g/mol. The number of aliphatic imine (C=N–C) groups is 1. The third-order valence-corrected chi connectivity index (χ3v) is 2.81. The van der Waals surface area contributed by atoms with E-state index in [-0.39, 0.29) is 5.56 Å². The Morgan fingerprint density at radius 1 is 1.25 bits per heavy atom. The third-order valence-electron chi connectivity index (χ3n) is 2.00. The van der Waals surface area contributed by atoms with Crippen molar-refractivity contribution in [1.29, 1.82) is 0 Å². The van der Waals surface area contributed by atoms with Crippen LogP contribution in [0.2, 0.25) is 0 Å². The highest BCUT2D eigenvalue weighted by molar-refractivity contribution is 7.11. The van der Waals surface area contributed by atoms with E-state index in [2.05, 4.69) is 4.99 Å². The van der Waals surface area contributed by atoms with Crippen molar-refractivity contribution in [2.24, 2.45) is 4.99 Å². The van der Waals surface area contributed by atoms with Crippen LogP contribution in [0.1, 0.15) is 15.2 Å². The molecule has 0 bridgehead atoms. The number of rotatable bonds is 3. The van der Waals surface area contributed by atoms with Crippen molar-refractivity contribution >= 4 is 29.2 Å². The van der Waals surface area contributed by atoms with Gasteiger partial charge in [0.1, 0.15) is 0 Å². The van der Waals surface area contributed by atoms with Crippen LogP contribution in [0.5, 0.6) is 0 Å². The molecule has 16 heavy (non-hydrogen) atoms. The van der Waals surface area contributed by atoms with Crippen molar-refractivity contribution in [2.75, 3.05) is 0 Å². The maximum atomic E-state index is 10.6. The molecule has 0 amide bonds. The van der Waals surface area contributed by atoms with Crippen LogP contribution >= 0.6 is 11.3 Å². The Balaban J connectivity index is 2.14. The van der Waals surface area contributed by atoms with Crippen LogP contribution in [0.4, 0.5) is 5.69 Å². The van der Waals surface area contributed by atoms with Crippen LogP contribution in [-0.4, -0.2) is 17.3 Å². The van der Waals surface area contributed by atoms with Gasteiger partial charge in [-0.3, -0.25) is 4.99 Å². The van der Waals surface area contributed by atoms with Crippen molar-refractivity contribution in [3.63, 3.8) is 0 Å². The molecule has 0 fully saturated rings. The standard InChI is InChI=1S/C12H9NO2S/c14-12(15)9-3-5-10(6-4-9)13-8-11-2-1-7-16-11/h1-8H,(H,14,15)/b13-8-. The lowest BCUT2D eigenvalue weighted by Gasteiger charge is -1.94. The summed E-state index contributed by atoms with van der Waals surface area (Å²) < 4.78 is 0. The van der Waals surface area contributed by atoms with Crippen LogP contribution < -0.4 is 0 Å². The zero-order valence-corrected chi connectivity index (χ0v) is 9.15. The van der Waals surface area contributed by atoms with Gasteiger partial charge in [0.2, 0.25) is 0 Å². The highest BCUT2D eigenvalue weighted by atomic mass is 32.1. The SMILES string of the molecule is O=C(O)c1ccc(/N=C\c2cccs2)cc1. The number of aromatic carboxylic acids is 1. The molecule has 1 aromatic carbocycles. The van der Waals surface area contributed by atoms with Gasteiger partial charge in [0.25, 0.3) is 0 Å². The summed E-state index contributed by atoms with van der Waals surface area (Å²) in [6.07, 6.45) is 1.76. The minimum absolute atomic E-state index is 0.273. The van der Waals surface area contributed by atoms with E-state index in [0.717, 1.165) is 10.6 Å². The smallest absolute Gasteiger partial charge is 0.335 e. The highest BCUT2D eigenvalue weighted by Gasteiger charge is 2.00. The van der Waals surface area contributed by atoms with E-state index in [4.69, 9.17) is 5.11 Å². The summed E-state index contributed by atoms with van der Waals surface area (Å²) in [7, 11) is 0. The molecule has 0 saturated carbocycles. The van der Waals surface area contributed by atoms with Crippen LogP contribution in [0.15, 0.2) is 46.8 Å². The zero-order chi connectivity index (χ0) is 11.4. The number of thiophene rings is 1. The van der Waals surface area contributed by atoms with Gasteiger partial charge in [-0.15, -0.1) is 11.3 Å². The second kappa shape index (κ2) is 4.72. The summed E-state index contributed by atoms with van der Waals surface area (Å²) in [6, 6.07) is 10.4. The molecule has 0 unspecified atom stereocenters. The van der Waals surface area contributed by atoms with E-state index < -0.39 is 5.97 Å². The Bertz CT molecular complexity index is 500. The predicted molar refractivity (Wildman–Crippen MR) is 65.0 cm³/mol. The van der Waals surface area contributed by atoms with Gasteiger partial charge < -0.3 is 5.11 Å². The molecule has 0 spiro atoms. The maximum Gasteiger partial charge on any atom is 0.335 e. The quantitative estimate of drug-likeness (QED) is 0.825. The molecular weight excluding hydrogens is 222 g/mol. The van der Waals surface area contributed by atoms with Gasteiger partial charge in [-0.1, -0.05) is 6.07 Å². The number of carboxylic acids is 1. The fraction of sp³-hybridized carbons (Fsp3) is 0. The molecule has 0 radical (unpaired) electrons. The normalized spacial score (nSPS) is 10.8. The van der Waals surface area contributed by atoms with Crippen LogP contribution in [0.25, 0.3) is 0 Å². The van der Waals surface area contributed by atoms with Crippen LogP contribution in [0, 0.1) is 0 Å². The van der Waals surface area contributed by atoms with Gasteiger partial charge in [-0.05, 0) is 35.7 Å². The molecule has 0 atom stereocenters. The number of carbonyl (C=O) groups is 1. The molecule has 1 heterocycles. The van der Waals surface area contributed by atoms with Gasteiger partial charge in [-0.25, -0.2) is 4.79 Å². The fourth-order valence-corrected chi connectivity index (χ4v) is 1.78. The number of hydrogen-bond donors (Lipinski definition) is 1. The summed E-state index contributed by atoms with van der Waals surface area (Å²) in [5, 5.41) is 10.7. The molecule has 0 aliphatic carbocycles. The summed E-state index contributed by atoms with van der Waals surface area (Å²) in [6.45, 7) is 0. The second-order valence-electron chi connectivity index (χ2n) is 3.13. The van der Waals surface area contributed by atoms with Crippen LogP contribution in [0.3, 0.4) is 0 Å². The van der Waals surface area contributed by atoms with Crippen molar-refractivity contribution in [1.82, 2.24) is 0 Å². The first-order chi connectivity index (χ1) is 7.75. The third kappa shape index (κ3) is 2.55. The Morgan fingerprint density at radius 3 is 2.56 bits per heavy atom. The largest absolute Gasteiger partial charge is 0.478 e. The Labute approximate surface area is 96.7 Å². The topological polar surface area (TPSA) is 49.7 Å². The van der Waals surface area contributed by atoms with Crippen molar-refractivity contribution in [2.45, 2.75) is 0 Å². The molecule has 0 saturated heterocycles. The summed E-state index contributed by atoms with van der Waals surface area (Å²) in [4.78, 5) is 15.9. The lowest BCUT2D eigenvalue weighted by Crippen LogP contribution is -1.94. The molecule has 80 valence electrons. The molecule has 0 aliphatic heterocycles. The minimum atomic E-state index is -0.922. The summed E-state index contributed by atoms with van der Waals surface area (Å²) in [5.41, 5.74) is 1.02. The van der Waals surface area contributed by atoms with Gasteiger partial charge in [0.15, 0.2) is 0 Å². The minimum Gasteiger partial charge on any atom is -0.478 e. The predicted octanol–water partition coefficient (Wildman–Crippen LogP) is 3.20. The number of nitrogens with zero attached hydrogens (tertiary/aromatic N) is 1. The first kappa shape index (κ1) is 10.6. The molecule has 3 nitrogen and oxygen atoms in total. The zero-order valence-electron chi connectivity index (χ0n) is 8.33. The van der Waals surface area contributed by atoms with E-state index in [1.54, 1.807) is 41.8 Å². The second-order valence-corrected chi connectivity index (χ2v) is 4.10. The Morgan fingerprint density at radius 2 is 2.00 bits per heavy atom.